The van der Waals surface area contributed by atoms with E-state index in [0.717, 1.165) is 5.56 Å². The SMILES string of the molecule is Cc1cccc([N+](=O)[O-])c1NC(=O)CN(C)Cc1ccccc1Cl. The number of rotatable bonds is 6. The molecule has 2 aromatic carbocycles. The number of nitro benzene ring substituents is 1. The number of nitrogens with zero attached hydrogens (tertiary/aromatic N) is 2. The van der Waals surface area contributed by atoms with Gasteiger partial charge in [0.05, 0.1) is 11.5 Å². The van der Waals surface area contributed by atoms with Gasteiger partial charge in [-0.3, -0.25) is 19.8 Å². The summed E-state index contributed by atoms with van der Waals surface area (Å²) >= 11 is 6.11. The molecule has 0 radical (unpaired) electrons. The van der Waals surface area contributed by atoms with Gasteiger partial charge in [0.15, 0.2) is 0 Å². The molecule has 0 atom stereocenters. The van der Waals surface area contributed by atoms with E-state index in [1.165, 1.54) is 6.07 Å². The van der Waals surface area contributed by atoms with E-state index >= 15 is 0 Å². The summed E-state index contributed by atoms with van der Waals surface area (Å²) in [5.74, 6) is -0.318. The number of para-hydroxylation sites is 1. The Balaban J connectivity index is 2.04. The van der Waals surface area contributed by atoms with Gasteiger partial charge in [-0.2, -0.15) is 0 Å². The van der Waals surface area contributed by atoms with Crippen LogP contribution in [-0.2, 0) is 11.3 Å². The molecule has 1 N–H and O–H groups in total. The smallest absolute Gasteiger partial charge is 0.293 e. The molecule has 0 heterocycles. The van der Waals surface area contributed by atoms with Crippen LogP contribution in [0.3, 0.4) is 0 Å². The van der Waals surface area contributed by atoms with Crippen LogP contribution in [0.25, 0.3) is 0 Å². The molecule has 0 spiro atoms. The predicted molar refractivity (Wildman–Crippen MR) is 94.2 cm³/mol. The highest BCUT2D eigenvalue weighted by Gasteiger charge is 2.18. The number of aryl methyl sites for hydroxylation is 1. The third kappa shape index (κ3) is 4.53. The van der Waals surface area contributed by atoms with Crippen LogP contribution in [0.5, 0.6) is 0 Å². The highest BCUT2D eigenvalue weighted by molar-refractivity contribution is 6.31. The lowest BCUT2D eigenvalue weighted by Gasteiger charge is -2.17. The minimum atomic E-state index is -0.504. The number of amides is 1. The number of likely N-dealkylation sites (N-methyl/N-ethyl adjacent to an activating group) is 1. The summed E-state index contributed by atoms with van der Waals surface area (Å²) in [4.78, 5) is 24.6. The van der Waals surface area contributed by atoms with Crippen LogP contribution in [0.1, 0.15) is 11.1 Å². The maximum atomic E-state index is 12.2. The molecule has 0 unspecified atom stereocenters. The second-order valence-electron chi connectivity index (χ2n) is 5.54. The molecule has 7 heteroatoms. The highest BCUT2D eigenvalue weighted by atomic mass is 35.5. The van der Waals surface area contributed by atoms with Crippen LogP contribution >= 0.6 is 11.6 Å². The van der Waals surface area contributed by atoms with Crippen molar-refractivity contribution in [3.05, 3.63) is 68.7 Å². The van der Waals surface area contributed by atoms with E-state index in [2.05, 4.69) is 5.32 Å². The topological polar surface area (TPSA) is 75.5 Å². The molecule has 0 bridgehead atoms. The third-order valence-electron chi connectivity index (χ3n) is 3.52. The maximum absolute atomic E-state index is 12.2. The number of hydrogen-bond donors (Lipinski definition) is 1. The summed E-state index contributed by atoms with van der Waals surface area (Å²) in [5.41, 5.74) is 1.68. The Morgan fingerprint density at radius 2 is 1.96 bits per heavy atom. The Morgan fingerprint density at radius 3 is 2.62 bits per heavy atom. The van der Waals surface area contributed by atoms with Crippen molar-refractivity contribution in [1.82, 2.24) is 4.90 Å². The van der Waals surface area contributed by atoms with Crippen molar-refractivity contribution >= 4 is 28.9 Å². The van der Waals surface area contributed by atoms with Gasteiger partial charge in [0.2, 0.25) is 5.91 Å². The lowest BCUT2D eigenvalue weighted by molar-refractivity contribution is -0.384. The Kier molecular flexibility index (Phi) is 5.89. The van der Waals surface area contributed by atoms with E-state index in [1.807, 2.05) is 18.2 Å². The van der Waals surface area contributed by atoms with Crippen LogP contribution in [-0.4, -0.2) is 29.3 Å². The second kappa shape index (κ2) is 7.90. The van der Waals surface area contributed by atoms with Crippen molar-refractivity contribution in [3.8, 4) is 0 Å². The van der Waals surface area contributed by atoms with Gasteiger partial charge in [0, 0.05) is 17.6 Å². The minimum Gasteiger partial charge on any atom is -0.319 e. The summed E-state index contributed by atoms with van der Waals surface area (Å²) in [6, 6.07) is 12.1. The van der Waals surface area contributed by atoms with E-state index in [1.54, 1.807) is 37.1 Å². The van der Waals surface area contributed by atoms with Gasteiger partial charge in [0.1, 0.15) is 5.69 Å². The molecule has 0 aliphatic rings. The molecule has 0 fully saturated rings. The van der Waals surface area contributed by atoms with Crippen molar-refractivity contribution < 1.29 is 9.72 Å². The lowest BCUT2D eigenvalue weighted by Crippen LogP contribution is -2.30. The first-order valence-electron chi connectivity index (χ1n) is 7.34. The molecule has 0 aliphatic heterocycles. The summed E-state index contributed by atoms with van der Waals surface area (Å²) < 4.78 is 0. The molecule has 1 amide bonds. The quantitative estimate of drug-likeness (QED) is 0.639. The first kappa shape index (κ1) is 17.9. The fraction of sp³-hybridized carbons (Fsp3) is 0.235. The predicted octanol–water partition coefficient (Wildman–Crippen LogP) is 3.63. The number of nitro groups is 1. The normalized spacial score (nSPS) is 10.7. The molecule has 2 rings (SSSR count). The van der Waals surface area contributed by atoms with Gasteiger partial charge in [-0.1, -0.05) is 41.9 Å². The van der Waals surface area contributed by atoms with Crippen LogP contribution in [0.4, 0.5) is 11.4 Å². The van der Waals surface area contributed by atoms with E-state index in [9.17, 15) is 14.9 Å². The third-order valence-corrected chi connectivity index (χ3v) is 3.89. The zero-order chi connectivity index (χ0) is 17.7. The van der Waals surface area contributed by atoms with Crippen molar-refractivity contribution in [1.29, 1.82) is 0 Å². The average molecular weight is 348 g/mol. The summed E-state index contributed by atoms with van der Waals surface area (Å²) in [6.45, 7) is 2.32. The van der Waals surface area contributed by atoms with Gasteiger partial charge in [-0.05, 0) is 31.2 Å². The number of halogens is 1. The molecule has 0 saturated carbocycles. The molecular weight excluding hydrogens is 330 g/mol. The zero-order valence-electron chi connectivity index (χ0n) is 13.5. The van der Waals surface area contributed by atoms with Crippen molar-refractivity contribution in [3.63, 3.8) is 0 Å². The Morgan fingerprint density at radius 1 is 1.25 bits per heavy atom. The van der Waals surface area contributed by atoms with E-state index in [-0.39, 0.29) is 23.8 Å². The summed E-state index contributed by atoms with van der Waals surface area (Å²) in [6.07, 6.45) is 0. The standard InChI is InChI=1S/C17H18ClN3O3/c1-12-6-5-9-15(21(23)24)17(12)19-16(22)11-20(2)10-13-7-3-4-8-14(13)18/h3-9H,10-11H2,1-2H3,(H,19,22). The zero-order valence-corrected chi connectivity index (χ0v) is 14.2. The molecule has 0 aromatic heterocycles. The fourth-order valence-electron chi connectivity index (χ4n) is 2.36. The van der Waals surface area contributed by atoms with Gasteiger partial charge >= 0.3 is 0 Å². The van der Waals surface area contributed by atoms with Gasteiger partial charge < -0.3 is 5.32 Å². The molecular formula is C17H18ClN3O3. The fourth-order valence-corrected chi connectivity index (χ4v) is 2.56. The van der Waals surface area contributed by atoms with Crippen molar-refractivity contribution in [2.24, 2.45) is 0 Å². The average Bonchev–Trinajstić information content (AvgIpc) is 2.51. The van der Waals surface area contributed by atoms with E-state index < -0.39 is 4.92 Å². The van der Waals surface area contributed by atoms with E-state index in [0.29, 0.717) is 17.1 Å². The van der Waals surface area contributed by atoms with Crippen molar-refractivity contribution in [2.45, 2.75) is 13.5 Å². The molecule has 24 heavy (non-hydrogen) atoms. The van der Waals surface area contributed by atoms with Crippen LogP contribution in [0.15, 0.2) is 42.5 Å². The van der Waals surface area contributed by atoms with Gasteiger partial charge in [0.25, 0.3) is 5.69 Å². The van der Waals surface area contributed by atoms with Crippen LogP contribution in [0, 0.1) is 17.0 Å². The minimum absolute atomic E-state index is 0.0940. The molecule has 2 aromatic rings. The van der Waals surface area contributed by atoms with Gasteiger partial charge in [-0.25, -0.2) is 0 Å². The Bertz CT molecular complexity index is 764. The number of carbonyl (C=O) groups excluding carboxylic acids is 1. The summed E-state index contributed by atoms with van der Waals surface area (Å²) in [5, 5.41) is 14.4. The van der Waals surface area contributed by atoms with Crippen molar-refractivity contribution in [2.75, 3.05) is 18.9 Å². The summed E-state index contributed by atoms with van der Waals surface area (Å²) in [7, 11) is 1.79. The van der Waals surface area contributed by atoms with Crippen LogP contribution < -0.4 is 5.32 Å². The van der Waals surface area contributed by atoms with Gasteiger partial charge in [-0.15, -0.1) is 0 Å². The largest absolute Gasteiger partial charge is 0.319 e. The number of anilines is 1. The highest BCUT2D eigenvalue weighted by Crippen LogP contribution is 2.27. The Labute approximate surface area is 145 Å². The molecule has 6 nitrogen and oxygen atoms in total. The number of nitrogens with one attached hydrogen (secondary N) is 1. The number of benzene rings is 2. The number of carbonyl (C=O) groups is 1. The monoisotopic (exact) mass is 347 g/mol. The first-order chi connectivity index (χ1) is 11.4. The Hall–Kier alpha value is -2.44. The maximum Gasteiger partial charge on any atom is 0.293 e. The number of hydrogen-bond acceptors (Lipinski definition) is 4. The molecule has 0 saturated heterocycles. The lowest BCUT2D eigenvalue weighted by atomic mass is 10.1. The molecule has 0 aliphatic carbocycles. The first-order valence-corrected chi connectivity index (χ1v) is 7.72. The molecule has 126 valence electrons. The second-order valence-corrected chi connectivity index (χ2v) is 5.95. The van der Waals surface area contributed by atoms with E-state index in [4.69, 9.17) is 11.6 Å². The van der Waals surface area contributed by atoms with Crippen LogP contribution in [0.2, 0.25) is 5.02 Å².